The van der Waals surface area contributed by atoms with Crippen molar-refractivity contribution in [3.63, 3.8) is 0 Å². The van der Waals surface area contributed by atoms with Gasteiger partial charge in [0.2, 0.25) is 0 Å². The molecule has 1 N–H and O–H groups in total. The SMILES string of the molecule is O=[N+]([O-])c1ccc(CNCc2cccc(Br)c2)c(Br)c1. The number of non-ortho nitro benzene ring substituents is 1. The van der Waals surface area contributed by atoms with Crippen LogP contribution in [0.4, 0.5) is 5.69 Å². The number of hydrogen-bond donors (Lipinski definition) is 1. The number of hydrogen-bond acceptors (Lipinski definition) is 3. The third-order valence-corrected chi connectivity index (χ3v) is 4.01. The molecular weight excluding hydrogens is 388 g/mol. The van der Waals surface area contributed by atoms with Crippen LogP contribution in [-0.4, -0.2) is 4.92 Å². The topological polar surface area (TPSA) is 55.2 Å². The van der Waals surface area contributed by atoms with E-state index >= 15 is 0 Å². The van der Waals surface area contributed by atoms with Crippen LogP contribution in [0.2, 0.25) is 0 Å². The fraction of sp³-hybridized carbons (Fsp3) is 0.143. The molecule has 0 aliphatic heterocycles. The molecule has 0 saturated carbocycles. The van der Waals surface area contributed by atoms with Gasteiger partial charge in [0, 0.05) is 34.2 Å². The second-order valence-corrected chi connectivity index (χ2v) is 6.04. The molecule has 0 aromatic heterocycles. The lowest BCUT2D eigenvalue weighted by Crippen LogP contribution is -2.13. The molecule has 0 heterocycles. The Morgan fingerprint density at radius 1 is 1.10 bits per heavy atom. The molecule has 2 rings (SSSR count). The van der Waals surface area contributed by atoms with Crippen LogP contribution in [-0.2, 0) is 13.1 Å². The van der Waals surface area contributed by atoms with E-state index in [9.17, 15) is 10.1 Å². The fourth-order valence-electron chi connectivity index (χ4n) is 1.78. The Hall–Kier alpha value is -1.24. The second kappa shape index (κ2) is 6.97. The molecule has 0 amide bonds. The highest BCUT2D eigenvalue weighted by atomic mass is 79.9. The summed E-state index contributed by atoms with van der Waals surface area (Å²) in [6, 6.07) is 12.9. The van der Waals surface area contributed by atoms with Gasteiger partial charge in [0.15, 0.2) is 0 Å². The third-order valence-electron chi connectivity index (χ3n) is 2.78. The van der Waals surface area contributed by atoms with Gasteiger partial charge in [-0.1, -0.05) is 44.0 Å². The largest absolute Gasteiger partial charge is 0.309 e. The molecule has 0 unspecified atom stereocenters. The number of rotatable bonds is 5. The van der Waals surface area contributed by atoms with Crippen molar-refractivity contribution in [2.24, 2.45) is 0 Å². The smallest absolute Gasteiger partial charge is 0.270 e. The van der Waals surface area contributed by atoms with Crippen molar-refractivity contribution in [3.8, 4) is 0 Å². The number of nitrogens with zero attached hydrogens (tertiary/aromatic N) is 1. The molecule has 0 bridgehead atoms. The molecule has 4 nitrogen and oxygen atoms in total. The monoisotopic (exact) mass is 398 g/mol. The summed E-state index contributed by atoms with van der Waals surface area (Å²) < 4.78 is 1.79. The molecule has 0 aliphatic carbocycles. The van der Waals surface area contributed by atoms with E-state index in [-0.39, 0.29) is 5.69 Å². The summed E-state index contributed by atoms with van der Waals surface area (Å²) in [4.78, 5) is 10.3. The lowest BCUT2D eigenvalue weighted by Gasteiger charge is -2.07. The van der Waals surface area contributed by atoms with Crippen LogP contribution in [0.1, 0.15) is 11.1 Å². The summed E-state index contributed by atoms with van der Waals surface area (Å²) in [7, 11) is 0. The zero-order valence-electron chi connectivity index (χ0n) is 10.5. The number of halogens is 2. The molecule has 104 valence electrons. The van der Waals surface area contributed by atoms with E-state index in [1.54, 1.807) is 6.07 Å². The van der Waals surface area contributed by atoms with Crippen LogP contribution in [0.5, 0.6) is 0 Å². The van der Waals surface area contributed by atoms with Crippen molar-refractivity contribution >= 4 is 37.5 Å². The third kappa shape index (κ3) is 4.13. The van der Waals surface area contributed by atoms with Crippen molar-refractivity contribution in [1.29, 1.82) is 0 Å². The molecule has 0 saturated heterocycles. The summed E-state index contributed by atoms with van der Waals surface area (Å²) >= 11 is 6.79. The molecular formula is C14H12Br2N2O2. The summed E-state index contributed by atoms with van der Waals surface area (Å²) in [5.41, 5.74) is 2.26. The minimum atomic E-state index is -0.399. The van der Waals surface area contributed by atoms with Crippen LogP contribution in [0.3, 0.4) is 0 Å². The Morgan fingerprint density at radius 3 is 2.55 bits per heavy atom. The van der Waals surface area contributed by atoms with Crippen molar-refractivity contribution in [3.05, 3.63) is 72.7 Å². The van der Waals surface area contributed by atoms with Crippen LogP contribution < -0.4 is 5.32 Å². The van der Waals surface area contributed by atoms with E-state index in [4.69, 9.17) is 0 Å². The molecule has 20 heavy (non-hydrogen) atoms. The van der Waals surface area contributed by atoms with E-state index in [2.05, 4.69) is 43.2 Å². The minimum absolute atomic E-state index is 0.0904. The van der Waals surface area contributed by atoms with E-state index in [0.29, 0.717) is 6.54 Å². The number of nitro groups is 1. The Morgan fingerprint density at radius 2 is 1.90 bits per heavy atom. The number of nitro benzene ring substituents is 1. The lowest BCUT2D eigenvalue weighted by atomic mass is 10.2. The predicted octanol–water partition coefficient (Wildman–Crippen LogP) is 4.41. The predicted molar refractivity (Wildman–Crippen MR) is 85.5 cm³/mol. The Labute approximate surface area is 133 Å². The van der Waals surface area contributed by atoms with Gasteiger partial charge in [0.05, 0.1) is 4.92 Å². The summed E-state index contributed by atoms with van der Waals surface area (Å²) in [6.45, 7) is 1.38. The Balaban J connectivity index is 1.96. The van der Waals surface area contributed by atoms with Crippen LogP contribution in [0.15, 0.2) is 51.4 Å². The van der Waals surface area contributed by atoms with Gasteiger partial charge in [-0.05, 0) is 29.3 Å². The molecule has 0 atom stereocenters. The Kier molecular flexibility index (Phi) is 5.28. The van der Waals surface area contributed by atoms with Gasteiger partial charge < -0.3 is 5.32 Å². The summed E-state index contributed by atoms with van der Waals surface area (Å²) in [5.74, 6) is 0. The quantitative estimate of drug-likeness (QED) is 0.598. The molecule has 0 fully saturated rings. The zero-order valence-corrected chi connectivity index (χ0v) is 13.6. The van der Waals surface area contributed by atoms with Gasteiger partial charge in [-0.3, -0.25) is 10.1 Å². The average molecular weight is 400 g/mol. The van der Waals surface area contributed by atoms with Crippen molar-refractivity contribution < 1.29 is 4.92 Å². The first-order chi connectivity index (χ1) is 9.56. The van der Waals surface area contributed by atoms with Crippen molar-refractivity contribution in [1.82, 2.24) is 5.32 Å². The first-order valence-corrected chi connectivity index (χ1v) is 7.53. The van der Waals surface area contributed by atoms with Crippen LogP contribution in [0, 0.1) is 10.1 Å². The maximum atomic E-state index is 10.7. The average Bonchev–Trinajstić information content (AvgIpc) is 2.40. The Bertz CT molecular complexity index is 632. The van der Waals surface area contributed by atoms with Gasteiger partial charge >= 0.3 is 0 Å². The second-order valence-electron chi connectivity index (χ2n) is 4.27. The van der Waals surface area contributed by atoms with Gasteiger partial charge in [-0.2, -0.15) is 0 Å². The van der Waals surface area contributed by atoms with Gasteiger partial charge in [0.25, 0.3) is 5.69 Å². The first-order valence-electron chi connectivity index (χ1n) is 5.94. The van der Waals surface area contributed by atoms with E-state index < -0.39 is 4.92 Å². The normalized spacial score (nSPS) is 10.5. The molecule has 0 aliphatic rings. The maximum absolute atomic E-state index is 10.7. The molecule has 0 spiro atoms. The zero-order chi connectivity index (χ0) is 14.5. The van der Waals surface area contributed by atoms with Gasteiger partial charge in [0.1, 0.15) is 0 Å². The highest BCUT2D eigenvalue weighted by Gasteiger charge is 2.08. The standard InChI is InChI=1S/C14H12Br2N2O2/c15-12-3-1-2-10(6-12)8-17-9-11-4-5-13(18(19)20)7-14(11)16/h1-7,17H,8-9H2. The number of nitrogens with one attached hydrogen (secondary N) is 1. The van der Waals surface area contributed by atoms with Crippen molar-refractivity contribution in [2.45, 2.75) is 13.1 Å². The van der Waals surface area contributed by atoms with Crippen LogP contribution in [0.25, 0.3) is 0 Å². The van der Waals surface area contributed by atoms with E-state index in [1.807, 2.05) is 18.2 Å². The maximum Gasteiger partial charge on any atom is 0.270 e. The fourth-order valence-corrected chi connectivity index (χ4v) is 2.74. The van der Waals surface area contributed by atoms with Crippen LogP contribution >= 0.6 is 31.9 Å². The van der Waals surface area contributed by atoms with Crippen molar-refractivity contribution in [2.75, 3.05) is 0 Å². The molecule has 2 aromatic carbocycles. The molecule has 0 radical (unpaired) electrons. The molecule has 2 aromatic rings. The van der Waals surface area contributed by atoms with E-state index in [1.165, 1.54) is 17.7 Å². The first kappa shape index (κ1) is 15.2. The minimum Gasteiger partial charge on any atom is -0.309 e. The summed E-state index contributed by atoms with van der Waals surface area (Å²) in [6.07, 6.45) is 0. The lowest BCUT2D eigenvalue weighted by molar-refractivity contribution is -0.384. The van der Waals surface area contributed by atoms with E-state index in [0.717, 1.165) is 21.1 Å². The highest BCUT2D eigenvalue weighted by molar-refractivity contribution is 9.10. The highest BCUT2D eigenvalue weighted by Crippen LogP contribution is 2.23. The van der Waals surface area contributed by atoms with Gasteiger partial charge in [-0.15, -0.1) is 0 Å². The molecule has 6 heteroatoms. The summed E-state index contributed by atoms with van der Waals surface area (Å²) in [5, 5.41) is 14.0. The number of benzene rings is 2. The van der Waals surface area contributed by atoms with Gasteiger partial charge in [-0.25, -0.2) is 0 Å².